The number of aliphatic hydroxyl groups is 1. The van der Waals surface area contributed by atoms with Crippen LogP contribution in [0.4, 0.5) is 10.1 Å². The van der Waals surface area contributed by atoms with Gasteiger partial charge in [0.05, 0.1) is 12.6 Å². The minimum atomic E-state index is -0.791. The Kier molecular flexibility index (Phi) is 6.15. The van der Waals surface area contributed by atoms with Gasteiger partial charge in [-0.05, 0) is 45.4 Å². The van der Waals surface area contributed by atoms with E-state index in [1.54, 1.807) is 36.8 Å². The molecule has 0 unspecified atom stereocenters. The molecule has 1 atom stereocenters. The van der Waals surface area contributed by atoms with E-state index in [9.17, 15) is 14.3 Å². The van der Waals surface area contributed by atoms with Gasteiger partial charge < -0.3 is 14.9 Å². The van der Waals surface area contributed by atoms with Gasteiger partial charge in [0.1, 0.15) is 5.82 Å². The molecule has 0 aromatic heterocycles. The van der Waals surface area contributed by atoms with E-state index in [4.69, 9.17) is 0 Å². The molecule has 1 aromatic rings. The predicted octanol–water partition coefficient (Wildman–Crippen LogP) is 2.49. The standard InChI is InChI=1S/C16H25FN2O2/c1-6-19(7-2)16(21)10-18(5)15-8-11(3)14(17)9-13(15)12(4)20/h8-9,12,20H,6-7,10H2,1-5H3/t12-/m1/s1. The number of rotatable bonds is 6. The van der Waals surface area contributed by atoms with Crippen LogP contribution in [0.5, 0.6) is 0 Å². The zero-order valence-electron chi connectivity index (χ0n) is 13.5. The fraction of sp³-hybridized carbons (Fsp3) is 0.562. The van der Waals surface area contributed by atoms with Crippen LogP contribution in [0, 0.1) is 12.7 Å². The van der Waals surface area contributed by atoms with Crippen LogP contribution in [0.2, 0.25) is 0 Å². The minimum absolute atomic E-state index is 0.0148. The third kappa shape index (κ3) is 4.17. The number of anilines is 1. The van der Waals surface area contributed by atoms with E-state index in [1.165, 1.54) is 6.07 Å². The van der Waals surface area contributed by atoms with E-state index in [-0.39, 0.29) is 18.3 Å². The van der Waals surface area contributed by atoms with Gasteiger partial charge in [0, 0.05) is 31.4 Å². The molecule has 1 N–H and O–H groups in total. The summed E-state index contributed by atoms with van der Waals surface area (Å²) in [5.41, 5.74) is 1.67. The highest BCUT2D eigenvalue weighted by molar-refractivity contribution is 5.81. The molecule has 5 heteroatoms. The lowest BCUT2D eigenvalue weighted by Gasteiger charge is -2.27. The number of carbonyl (C=O) groups excluding carboxylic acids is 1. The number of halogens is 1. The van der Waals surface area contributed by atoms with Crippen molar-refractivity contribution in [3.05, 3.63) is 29.1 Å². The molecule has 0 fully saturated rings. The molecule has 0 bridgehead atoms. The summed E-state index contributed by atoms with van der Waals surface area (Å²) in [7, 11) is 1.78. The third-order valence-corrected chi connectivity index (χ3v) is 3.66. The van der Waals surface area contributed by atoms with E-state index < -0.39 is 6.10 Å². The van der Waals surface area contributed by atoms with Crippen molar-refractivity contribution < 1.29 is 14.3 Å². The molecule has 0 saturated carbocycles. The van der Waals surface area contributed by atoms with Crippen LogP contribution in [-0.4, -0.2) is 42.6 Å². The van der Waals surface area contributed by atoms with Crippen molar-refractivity contribution >= 4 is 11.6 Å². The van der Waals surface area contributed by atoms with Gasteiger partial charge in [-0.25, -0.2) is 4.39 Å². The largest absolute Gasteiger partial charge is 0.389 e. The molecule has 4 nitrogen and oxygen atoms in total. The first-order valence-electron chi connectivity index (χ1n) is 7.28. The quantitative estimate of drug-likeness (QED) is 0.877. The van der Waals surface area contributed by atoms with Crippen LogP contribution in [0.3, 0.4) is 0 Å². The number of hydrogen-bond acceptors (Lipinski definition) is 3. The lowest BCUT2D eigenvalue weighted by molar-refractivity contribution is -0.129. The van der Waals surface area contributed by atoms with Crippen molar-refractivity contribution in [1.82, 2.24) is 4.90 Å². The first-order chi connectivity index (χ1) is 9.81. The molecule has 1 rings (SSSR count). The summed E-state index contributed by atoms with van der Waals surface area (Å²) < 4.78 is 13.7. The Morgan fingerprint density at radius 3 is 2.38 bits per heavy atom. The molecule has 0 aliphatic carbocycles. The Balaban J connectivity index is 3.04. The number of carbonyl (C=O) groups is 1. The first-order valence-corrected chi connectivity index (χ1v) is 7.28. The Labute approximate surface area is 126 Å². The maximum Gasteiger partial charge on any atom is 0.242 e. The van der Waals surface area contributed by atoms with Crippen LogP contribution in [0.1, 0.15) is 38.0 Å². The van der Waals surface area contributed by atoms with Gasteiger partial charge >= 0.3 is 0 Å². The highest BCUT2D eigenvalue weighted by atomic mass is 19.1. The highest BCUT2D eigenvalue weighted by Gasteiger charge is 2.18. The maximum absolute atomic E-state index is 13.7. The van der Waals surface area contributed by atoms with Gasteiger partial charge in [-0.15, -0.1) is 0 Å². The van der Waals surface area contributed by atoms with Crippen LogP contribution in [-0.2, 0) is 4.79 Å². The molecular weight excluding hydrogens is 271 g/mol. The molecule has 1 aromatic carbocycles. The topological polar surface area (TPSA) is 43.8 Å². The molecule has 0 aliphatic heterocycles. The molecule has 0 radical (unpaired) electrons. The van der Waals surface area contributed by atoms with Crippen LogP contribution in [0.25, 0.3) is 0 Å². The first kappa shape index (κ1) is 17.4. The van der Waals surface area contributed by atoms with E-state index in [2.05, 4.69) is 0 Å². The van der Waals surface area contributed by atoms with Crippen molar-refractivity contribution in [2.75, 3.05) is 31.6 Å². The van der Waals surface area contributed by atoms with Crippen LogP contribution < -0.4 is 4.90 Å². The van der Waals surface area contributed by atoms with Gasteiger partial charge in [-0.3, -0.25) is 4.79 Å². The molecule has 0 spiro atoms. The Morgan fingerprint density at radius 1 is 1.33 bits per heavy atom. The molecule has 0 saturated heterocycles. The third-order valence-electron chi connectivity index (χ3n) is 3.66. The average molecular weight is 296 g/mol. The summed E-state index contributed by atoms with van der Waals surface area (Å²) in [4.78, 5) is 15.7. The predicted molar refractivity (Wildman–Crippen MR) is 83.0 cm³/mol. The van der Waals surface area contributed by atoms with E-state index in [0.717, 1.165) is 0 Å². The summed E-state index contributed by atoms with van der Waals surface area (Å²) in [6.45, 7) is 8.66. The van der Waals surface area contributed by atoms with Crippen LogP contribution in [0.15, 0.2) is 12.1 Å². The Morgan fingerprint density at radius 2 is 1.90 bits per heavy atom. The van der Waals surface area contributed by atoms with Gasteiger partial charge in [0.25, 0.3) is 0 Å². The number of amides is 1. The Hall–Kier alpha value is -1.62. The van der Waals surface area contributed by atoms with Crippen molar-refractivity contribution in [3.8, 4) is 0 Å². The second kappa shape index (κ2) is 7.41. The number of benzene rings is 1. The molecule has 1 amide bonds. The normalized spacial score (nSPS) is 12.1. The van der Waals surface area contributed by atoms with Crippen LogP contribution >= 0.6 is 0 Å². The number of likely N-dealkylation sites (N-methyl/N-ethyl adjacent to an activating group) is 2. The zero-order valence-corrected chi connectivity index (χ0v) is 13.5. The highest BCUT2D eigenvalue weighted by Crippen LogP contribution is 2.28. The summed E-state index contributed by atoms with van der Waals surface area (Å²) in [6, 6.07) is 3.01. The SMILES string of the molecule is CCN(CC)C(=O)CN(C)c1cc(C)c(F)cc1[C@@H](C)O. The fourth-order valence-corrected chi connectivity index (χ4v) is 2.31. The van der Waals surface area contributed by atoms with Crippen molar-refractivity contribution in [3.63, 3.8) is 0 Å². The smallest absolute Gasteiger partial charge is 0.242 e. The van der Waals surface area contributed by atoms with E-state index in [1.807, 2.05) is 13.8 Å². The minimum Gasteiger partial charge on any atom is -0.389 e. The summed E-state index contributed by atoms with van der Waals surface area (Å²) in [6.07, 6.45) is -0.791. The molecule has 0 aliphatic rings. The van der Waals surface area contributed by atoms with Crippen molar-refractivity contribution in [2.45, 2.75) is 33.8 Å². The number of aryl methyl sites for hydroxylation is 1. The van der Waals surface area contributed by atoms with E-state index in [0.29, 0.717) is 29.9 Å². The second-order valence-corrected chi connectivity index (χ2v) is 5.26. The summed E-state index contributed by atoms with van der Waals surface area (Å²) in [5.74, 6) is -0.334. The van der Waals surface area contributed by atoms with Gasteiger partial charge in [-0.2, -0.15) is 0 Å². The van der Waals surface area contributed by atoms with Crippen molar-refractivity contribution in [2.24, 2.45) is 0 Å². The monoisotopic (exact) mass is 296 g/mol. The Bertz CT molecular complexity index is 499. The molecule has 118 valence electrons. The number of aliphatic hydroxyl groups excluding tert-OH is 1. The molecule has 21 heavy (non-hydrogen) atoms. The molecular formula is C16H25FN2O2. The lowest BCUT2D eigenvalue weighted by atomic mass is 10.0. The van der Waals surface area contributed by atoms with Gasteiger partial charge in [-0.1, -0.05) is 0 Å². The van der Waals surface area contributed by atoms with Gasteiger partial charge in [0.2, 0.25) is 5.91 Å². The summed E-state index contributed by atoms with van der Waals surface area (Å²) >= 11 is 0. The van der Waals surface area contributed by atoms with E-state index >= 15 is 0 Å². The maximum atomic E-state index is 13.7. The fourth-order valence-electron chi connectivity index (χ4n) is 2.31. The van der Waals surface area contributed by atoms with Gasteiger partial charge in [0.15, 0.2) is 0 Å². The average Bonchev–Trinajstić information content (AvgIpc) is 2.42. The lowest BCUT2D eigenvalue weighted by Crippen LogP contribution is -2.39. The zero-order chi connectivity index (χ0) is 16.2. The molecule has 0 heterocycles. The summed E-state index contributed by atoms with van der Waals surface area (Å²) in [5, 5.41) is 9.82. The van der Waals surface area contributed by atoms with Crippen molar-refractivity contribution in [1.29, 1.82) is 0 Å². The number of hydrogen-bond donors (Lipinski definition) is 1. The second-order valence-electron chi connectivity index (χ2n) is 5.26. The number of nitrogens with zero attached hydrogens (tertiary/aromatic N) is 2.